The van der Waals surface area contributed by atoms with Gasteiger partial charge in [-0.2, -0.15) is 0 Å². The highest BCUT2D eigenvalue weighted by atomic mass is 32.2. The van der Waals surface area contributed by atoms with E-state index in [1.807, 2.05) is 13.0 Å². The maximum absolute atomic E-state index is 5.37. The van der Waals surface area contributed by atoms with Crippen LogP contribution in [-0.4, -0.2) is 15.4 Å². The third-order valence-electron chi connectivity index (χ3n) is 3.48. The van der Waals surface area contributed by atoms with Crippen LogP contribution in [0.15, 0.2) is 38.2 Å². The van der Waals surface area contributed by atoms with Gasteiger partial charge in [-0.3, -0.25) is 4.40 Å². The smallest absolute Gasteiger partial charge is 0.194 e. The third kappa shape index (κ3) is 2.28. The van der Waals surface area contributed by atoms with Crippen molar-refractivity contribution in [1.29, 1.82) is 0 Å². The number of aromatic nitrogens is 2. The third-order valence-corrected chi connectivity index (χ3v) is 5.40. The molecule has 3 heterocycles. The summed E-state index contributed by atoms with van der Waals surface area (Å²) in [6, 6.07) is 2.71. The Kier molecular flexibility index (Phi) is 3.09. The van der Waals surface area contributed by atoms with Crippen LogP contribution in [0.3, 0.4) is 0 Å². The molecule has 1 fully saturated rings. The summed E-state index contributed by atoms with van der Waals surface area (Å²) in [6.45, 7) is 2.87. The van der Waals surface area contributed by atoms with Crippen LogP contribution in [0.5, 0.6) is 0 Å². The van der Waals surface area contributed by atoms with Crippen molar-refractivity contribution >= 4 is 28.1 Å². The molecule has 0 unspecified atom stereocenters. The van der Waals surface area contributed by atoms with Crippen LogP contribution in [0.4, 0.5) is 0 Å². The molecule has 0 amide bonds. The summed E-state index contributed by atoms with van der Waals surface area (Å²) >= 11 is 3.37. The molecule has 0 aromatic carbocycles. The van der Waals surface area contributed by atoms with Gasteiger partial charge in [-0.15, -0.1) is 11.3 Å². The van der Waals surface area contributed by atoms with E-state index in [1.54, 1.807) is 29.4 Å². The quantitative estimate of drug-likeness (QED) is 0.780. The molecule has 6 heteroatoms. The van der Waals surface area contributed by atoms with Crippen molar-refractivity contribution in [2.75, 3.05) is 0 Å². The van der Waals surface area contributed by atoms with E-state index in [0.717, 1.165) is 27.2 Å². The highest BCUT2D eigenvalue weighted by molar-refractivity contribution is 7.99. The molecule has 0 bridgehead atoms. The monoisotopic (exact) mass is 305 g/mol. The van der Waals surface area contributed by atoms with Crippen LogP contribution in [0.2, 0.25) is 0 Å². The molecule has 1 aliphatic rings. The van der Waals surface area contributed by atoms with Crippen LogP contribution in [0.25, 0.3) is 4.96 Å². The van der Waals surface area contributed by atoms with Gasteiger partial charge in [0.15, 0.2) is 4.96 Å². The Morgan fingerprint density at radius 2 is 2.45 bits per heavy atom. The fourth-order valence-corrected chi connectivity index (χ4v) is 3.90. The van der Waals surface area contributed by atoms with Crippen LogP contribution < -0.4 is 5.32 Å². The van der Waals surface area contributed by atoms with Crippen LogP contribution >= 0.6 is 23.1 Å². The van der Waals surface area contributed by atoms with Gasteiger partial charge in [0.25, 0.3) is 0 Å². The summed E-state index contributed by atoms with van der Waals surface area (Å²) in [4.78, 5) is 6.95. The molecule has 20 heavy (non-hydrogen) atoms. The molecule has 0 atom stereocenters. The first-order valence-corrected chi connectivity index (χ1v) is 8.40. The number of fused-ring (bicyclic) bond motifs is 1. The Morgan fingerprint density at radius 3 is 3.20 bits per heavy atom. The van der Waals surface area contributed by atoms with Crippen molar-refractivity contribution in [3.63, 3.8) is 0 Å². The van der Waals surface area contributed by atoms with Gasteiger partial charge >= 0.3 is 0 Å². The van der Waals surface area contributed by atoms with E-state index in [9.17, 15) is 0 Å². The molecule has 1 saturated carbocycles. The Hall–Kier alpha value is -1.24. The second-order valence-electron chi connectivity index (χ2n) is 5.02. The molecule has 1 N–H and O–H groups in total. The molecule has 3 aromatic rings. The first-order chi connectivity index (χ1) is 9.81. The number of hydrogen-bond acceptors (Lipinski definition) is 5. The molecule has 0 radical (unpaired) electrons. The topological polar surface area (TPSA) is 42.5 Å². The van der Waals surface area contributed by atoms with Gasteiger partial charge in [-0.1, -0.05) is 11.8 Å². The van der Waals surface area contributed by atoms with Crippen LogP contribution in [0, 0.1) is 6.92 Å². The number of imidazole rings is 1. The number of furan rings is 1. The Labute approximate surface area is 125 Å². The maximum Gasteiger partial charge on any atom is 0.194 e. The average molecular weight is 305 g/mol. The normalized spacial score (nSPS) is 15.2. The lowest BCUT2D eigenvalue weighted by atomic mass is 10.4. The molecule has 0 aliphatic heterocycles. The van der Waals surface area contributed by atoms with Gasteiger partial charge in [0.1, 0.15) is 10.8 Å². The Bertz CT molecular complexity index is 739. The minimum absolute atomic E-state index is 0.702. The zero-order valence-corrected chi connectivity index (χ0v) is 12.8. The largest absolute Gasteiger partial charge is 0.468 e. The van der Waals surface area contributed by atoms with E-state index in [-0.39, 0.29) is 0 Å². The van der Waals surface area contributed by atoms with Crippen molar-refractivity contribution in [1.82, 2.24) is 14.7 Å². The summed E-state index contributed by atoms with van der Waals surface area (Å²) in [6.07, 6.45) is 6.44. The summed E-state index contributed by atoms with van der Waals surface area (Å²) < 4.78 is 7.56. The summed E-state index contributed by atoms with van der Waals surface area (Å²) in [5, 5.41) is 6.74. The lowest BCUT2D eigenvalue weighted by Crippen LogP contribution is -2.16. The highest BCUT2D eigenvalue weighted by Crippen LogP contribution is 2.34. The van der Waals surface area contributed by atoms with E-state index in [1.165, 1.54) is 18.5 Å². The van der Waals surface area contributed by atoms with Crippen LogP contribution in [0.1, 0.15) is 24.3 Å². The molecule has 4 nitrogen and oxygen atoms in total. The fraction of sp³-hybridized carbons (Fsp3) is 0.357. The fourth-order valence-electron chi connectivity index (χ4n) is 2.17. The molecule has 3 aromatic heterocycles. The number of rotatable bonds is 5. The van der Waals surface area contributed by atoms with Crippen molar-refractivity contribution in [2.24, 2.45) is 0 Å². The number of thiazole rings is 1. The number of nitrogens with one attached hydrogen (secondary N) is 1. The average Bonchev–Trinajstić information content (AvgIpc) is 2.85. The van der Waals surface area contributed by atoms with Gasteiger partial charge in [0.2, 0.25) is 0 Å². The lowest BCUT2D eigenvalue weighted by molar-refractivity contribution is 0.527. The molecule has 1 aliphatic carbocycles. The molecule has 0 saturated heterocycles. The molecule has 4 rings (SSSR count). The zero-order chi connectivity index (χ0) is 13.5. The van der Waals surface area contributed by atoms with Crippen molar-refractivity contribution in [3.8, 4) is 0 Å². The predicted molar refractivity (Wildman–Crippen MR) is 80.5 cm³/mol. The number of aryl methyl sites for hydroxylation is 1. The second kappa shape index (κ2) is 4.95. The van der Waals surface area contributed by atoms with Gasteiger partial charge in [-0.05, 0) is 25.8 Å². The standard InChI is InChI=1S/C14H15N3OS2/c1-9-12(4-6-18-9)20-13-11(8-15-10-2-3-10)17-5-7-19-14(17)16-13/h4-7,10,15H,2-3,8H2,1H3. The molecular formula is C14H15N3OS2. The van der Waals surface area contributed by atoms with Gasteiger partial charge < -0.3 is 9.73 Å². The first kappa shape index (κ1) is 12.5. The van der Waals surface area contributed by atoms with Crippen molar-refractivity contribution in [2.45, 2.75) is 42.3 Å². The predicted octanol–water partition coefficient (Wildman–Crippen LogP) is 3.70. The van der Waals surface area contributed by atoms with Gasteiger partial charge in [-0.25, -0.2) is 4.98 Å². The minimum Gasteiger partial charge on any atom is -0.468 e. The van der Waals surface area contributed by atoms with Crippen molar-refractivity contribution in [3.05, 3.63) is 35.4 Å². The highest BCUT2D eigenvalue weighted by Gasteiger charge is 2.22. The SMILES string of the molecule is Cc1occc1Sc1nc2sccn2c1CNC1CC1. The Morgan fingerprint density at radius 1 is 1.55 bits per heavy atom. The summed E-state index contributed by atoms with van der Waals surface area (Å²) in [5.74, 6) is 0.951. The van der Waals surface area contributed by atoms with Crippen molar-refractivity contribution < 1.29 is 4.42 Å². The molecule has 0 spiro atoms. The van der Waals surface area contributed by atoms with E-state index < -0.39 is 0 Å². The van der Waals surface area contributed by atoms with Gasteiger partial charge in [0.05, 0.1) is 16.9 Å². The molecule has 104 valence electrons. The van der Waals surface area contributed by atoms with E-state index >= 15 is 0 Å². The number of hydrogen-bond donors (Lipinski definition) is 1. The van der Waals surface area contributed by atoms with Gasteiger partial charge in [0, 0.05) is 24.2 Å². The maximum atomic E-state index is 5.37. The minimum atomic E-state index is 0.702. The zero-order valence-electron chi connectivity index (χ0n) is 11.1. The summed E-state index contributed by atoms with van der Waals surface area (Å²) in [7, 11) is 0. The first-order valence-electron chi connectivity index (χ1n) is 6.71. The number of nitrogens with zero attached hydrogens (tertiary/aromatic N) is 2. The van der Waals surface area contributed by atoms with E-state index in [0.29, 0.717) is 6.04 Å². The molecular weight excluding hydrogens is 290 g/mol. The van der Waals surface area contributed by atoms with Crippen LogP contribution in [-0.2, 0) is 6.54 Å². The summed E-state index contributed by atoms with van der Waals surface area (Å²) in [5.41, 5.74) is 1.25. The second-order valence-corrected chi connectivity index (χ2v) is 6.92. The lowest BCUT2D eigenvalue weighted by Gasteiger charge is -2.04. The van der Waals surface area contributed by atoms with E-state index in [2.05, 4.69) is 21.3 Å². The Balaban J connectivity index is 1.67. The van der Waals surface area contributed by atoms with E-state index in [4.69, 9.17) is 9.40 Å².